The van der Waals surface area contributed by atoms with Crippen LogP contribution in [0, 0.1) is 0 Å². The molecule has 0 aliphatic heterocycles. The number of methoxy groups -OCH3 is 1. The van der Waals surface area contributed by atoms with Crippen LogP contribution in [-0.4, -0.2) is 12.1 Å². The highest BCUT2D eigenvalue weighted by Gasteiger charge is 2.05. The Bertz CT molecular complexity index is 488. The van der Waals surface area contributed by atoms with E-state index in [-0.39, 0.29) is 0 Å². The van der Waals surface area contributed by atoms with Crippen molar-refractivity contribution in [2.24, 2.45) is 0 Å². The minimum Gasteiger partial charge on any atom is -0.491 e. The number of nitrogens with zero attached hydrogens (tertiary/aromatic N) is 1. The summed E-state index contributed by atoms with van der Waals surface area (Å²) >= 11 is 5.85. The quantitative estimate of drug-likeness (QED) is 0.816. The first-order valence-corrected chi connectivity index (χ1v) is 5.10. The molecular formula is C12H10ClNO2. The minimum absolute atomic E-state index is 0.423. The molecule has 0 aliphatic rings. The smallest absolute Gasteiger partial charge is 0.262 e. The number of aromatic nitrogens is 1. The zero-order chi connectivity index (χ0) is 11.4. The van der Waals surface area contributed by atoms with Crippen molar-refractivity contribution >= 4 is 11.6 Å². The van der Waals surface area contributed by atoms with E-state index < -0.39 is 0 Å². The fourth-order valence-electron chi connectivity index (χ4n) is 1.25. The standard InChI is InChI=1S/C12H10ClNO2/c1-15-11-6-3-7-14-12(11)16-10-5-2-4-9(13)8-10/h2-8H,1H3. The van der Waals surface area contributed by atoms with Crippen molar-refractivity contribution in [1.82, 2.24) is 4.98 Å². The van der Waals surface area contributed by atoms with Crippen LogP contribution in [0.4, 0.5) is 0 Å². The third kappa shape index (κ3) is 2.44. The van der Waals surface area contributed by atoms with E-state index in [1.54, 1.807) is 43.6 Å². The first kappa shape index (κ1) is 10.8. The van der Waals surface area contributed by atoms with Crippen molar-refractivity contribution in [1.29, 1.82) is 0 Å². The van der Waals surface area contributed by atoms with Crippen LogP contribution in [0.5, 0.6) is 17.4 Å². The van der Waals surface area contributed by atoms with Gasteiger partial charge >= 0.3 is 0 Å². The lowest BCUT2D eigenvalue weighted by molar-refractivity contribution is 0.369. The second-order valence-corrected chi connectivity index (χ2v) is 3.51. The molecule has 0 bridgehead atoms. The van der Waals surface area contributed by atoms with E-state index >= 15 is 0 Å². The van der Waals surface area contributed by atoms with Gasteiger partial charge in [0.15, 0.2) is 5.75 Å². The lowest BCUT2D eigenvalue weighted by Gasteiger charge is -2.08. The van der Waals surface area contributed by atoms with Crippen LogP contribution in [0.25, 0.3) is 0 Å². The maximum absolute atomic E-state index is 5.85. The van der Waals surface area contributed by atoms with Gasteiger partial charge in [-0.3, -0.25) is 0 Å². The first-order chi connectivity index (χ1) is 7.79. The molecule has 0 fully saturated rings. The number of benzene rings is 1. The molecule has 2 aromatic rings. The van der Waals surface area contributed by atoms with Crippen molar-refractivity contribution in [3.8, 4) is 17.4 Å². The van der Waals surface area contributed by atoms with Gasteiger partial charge in [-0.2, -0.15) is 0 Å². The fourth-order valence-corrected chi connectivity index (χ4v) is 1.43. The summed E-state index contributed by atoms with van der Waals surface area (Å²) in [5.74, 6) is 1.64. The molecule has 16 heavy (non-hydrogen) atoms. The van der Waals surface area contributed by atoms with Crippen LogP contribution in [0.2, 0.25) is 5.02 Å². The molecule has 82 valence electrons. The average Bonchev–Trinajstić information content (AvgIpc) is 2.30. The maximum Gasteiger partial charge on any atom is 0.262 e. The highest BCUT2D eigenvalue weighted by molar-refractivity contribution is 6.30. The average molecular weight is 236 g/mol. The van der Waals surface area contributed by atoms with E-state index in [1.165, 1.54) is 0 Å². The van der Waals surface area contributed by atoms with Crippen molar-refractivity contribution < 1.29 is 9.47 Å². The lowest BCUT2D eigenvalue weighted by Crippen LogP contribution is -1.92. The van der Waals surface area contributed by atoms with Crippen molar-refractivity contribution in [3.63, 3.8) is 0 Å². The van der Waals surface area contributed by atoms with Crippen molar-refractivity contribution in [3.05, 3.63) is 47.6 Å². The van der Waals surface area contributed by atoms with E-state index in [9.17, 15) is 0 Å². The predicted molar refractivity (Wildman–Crippen MR) is 62.3 cm³/mol. The highest BCUT2D eigenvalue weighted by Crippen LogP contribution is 2.29. The summed E-state index contributed by atoms with van der Waals surface area (Å²) in [6.07, 6.45) is 1.64. The van der Waals surface area contributed by atoms with Gasteiger partial charge in [0.05, 0.1) is 7.11 Å². The SMILES string of the molecule is COc1cccnc1Oc1cccc(Cl)c1. The van der Waals surface area contributed by atoms with Crippen LogP contribution in [-0.2, 0) is 0 Å². The predicted octanol–water partition coefficient (Wildman–Crippen LogP) is 3.54. The molecule has 0 unspecified atom stereocenters. The van der Waals surface area contributed by atoms with Gasteiger partial charge in [0.1, 0.15) is 5.75 Å². The molecule has 1 aromatic heterocycles. The van der Waals surface area contributed by atoms with Gasteiger partial charge < -0.3 is 9.47 Å². The second kappa shape index (κ2) is 4.86. The number of pyridine rings is 1. The summed E-state index contributed by atoms with van der Waals surface area (Å²) in [6.45, 7) is 0. The molecule has 4 heteroatoms. The lowest BCUT2D eigenvalue weighted by atomic mass is 10.3. The molecule has 0 atom stereocenters. The Labute approximate surface area is 98.6 Å². The summed E-state index contributed by atoms with van der Waals surface area (Å²) in [5.41, 5.74) is 0. The van der Waals surface area contributed by atoms with E-state index in [2.05, 4.69) is 4.98 Å². The van der Waals surface area contributed by atoms with Gasteiger partial charge in [-0.05, 0) is 30.3 Å². The third-order valence-corrected chi connectivity index (χ3v) is 2.20. The molecule has 0 spiro atoms. The molecule has 0 N–H and O–H groups in total. The Morgan fingerprint density at radius 3 is 2.81 bits per heavy atom. The van der Waals surface area contributed by atoms with Gasteiger partial charge in [-0.15, -0.1) is 0 Å². The van der Waals surface area contributed by atoms with Gasteiger partial charge in [0, 0.05) is 11.2 Å². The van der Waals surface area contributed by atoms with Crippen molar-refractivity contribution in [2.75, 3.05) is 7.11 Å². The topological polar surface area (TPSA) is 31.4 Å². The normalized spacial score (nSPS) is 9.88. The molecule has 1 aromatic carbocycles. The third-order valence-electron chi connectivity index (χ3n) is 1.97. The van der Waals surface area contributed by atoms with Crippen LogP contribution in [0.15, 0.2) is 42.6 Å². The number of hydrogen-bond donors (Lipinski definition) is 0. The maximum atomic E-state index is 5.85. The van der Waals surface area contributed by atoms with Crippen molar-refractivity contribution in [2.45, 2.75) is 0 Å². The van der Waals surface area contributed by atoms with E-state index in [0.717, 1.165) is 0 Å². The summed E-state index contributed by atoms with van der Waals surface area (Å²) in [5, 5.41) is 0.618. The number of ether oxygens (including phenoxy) is 2. The first-order valence-electron chi connectivity index (χ1n) is 4.72. The van der Waals surface area contributed by atoms with E-state index in [0.29, 0.717) is 22.4 Å². The molecule has 0 radical (unpaired) electrons. The summed E-state index contributed by atoms with van der Waals surface area (Å²) in [6, 6.07) is 10.7. The van der Waals surface area contributed by atoms with Gasteiger partial charge in [-0.25, -0.2) is 4.98 Å². The van der Waals surface area contributed by atoms with E-state index in [1.807, 2.05) is 6.07 Å². The summed E-state index contributed by atoms with van der Waals surface area (Å²) in [7, 11) is 1.57. The molecule has 0 saturated carbocycles. The Morgan fingerprint density at radius 1 is 1.19 bits per heavy atom. The van der Waals surface area contributed by atoms with Gasteiger partial charge in [0.25, 0.3) is 5.88 Å². The molecule has 1 heterocycles. The summed E-state index contributed by atoms with van der Waals surface area (Å²) < 4.78 is 10.7. The second-order valence-electron chi connectivity index (χ2n) is 3.07. The van der Waals surface area contributed by atoms with Crippen LogP contribution in [0.3, 0.4) is 0 Å². The Balaban J connectivity index is 2.26. The molecule has 0 aliphatic carbocycles. The zero-order valence-electron chi connectivity index (χ0n) is 8.68. The van der Waals surface area contributed by atoms with Gasteiger partial charge in [-0.1, -0.05) is 17.7 Å². The molecule has 2 rings (SSSR count). The highest BCUT2D eigenvalue weighted by atomic mass is 35.5. The monoisotopic (exact) mass is 235 g/mol. The van der Waals surface area contributed by atoms with Crippen LogP contribution < -0.4 is 9.47 Å². The molecule has 0 saturated heterocycles. The largest absolute Gasteiger partial charge is 0.491 e. The number of halogens is 1. The Kier molecular flexibility index (Phi) is 3.27. The zero-order valence-corrected chi connectivity index (χ0v) is 9.44. The summed E-state index contributed by atoms with van der Waals surface area (Å²) in [4.78, 5) is 4.08. The van der Waals surface area contributed by atoms with Gasteiger partial charge in [0.2, 0.25) is 0 Å². The van der Waals surface area contributed by atoms with Crippen LogP contribution in [0.1, 0.15) is 0 Å². The molecule has 3 nitrogen and oxygen atoms in total. The molecule has 0 amide bonds. The minimum atomic E-state index is 0.423. The Morgan fingerprint density at radius 2 is 2.06 bits per heavy atom. The van der Waals surface area contributed by atoms with Crippen LogP contribution >= 0.6 is 11.6 Å². The molecular weight excluding hydrogens is 226 g/mol. The Hall–Kier alpha value is -1.74. The fraction of sp³-hybridized carbons (Fsp3) is 0.0833. The van der Waals surface area contributed by atoms with E-state index in [4.69, 9.17) is 21.1 Å². The number of hydrogen-bond acceptors (Lipinski definition) is 3. The number of rotatable bonds is 3.